The van der Waals surface area contributed by atoms with Gasteiger partial charge in [0.25, 0.3) is 5.91 Å². The van der Waals surface area contributed by atoms with Crippen LogP contribution in [0.2, 0.25) is 0 Å². The number of carbonyl (C=O) groups is 1. The molecule has 0 fully saturated rings. The lowest BCUT2D eigenvalue weighted by Crippen LogP contribution is -2.25. The maximum Gasteiger partial charge on any atom is 0.252 e. The van der Waals surface area contributed by atoms with Gasteiger partial charge in [0.1, 0.15) is 6.07 Å². The molecule has 118 valence electrons. The molecule has 23 heavy (non-hydrogen) atoms. The average Bonchev–Trinajstić information content (AvgIpc) is 2.59. The minimum atomic E-state index is -0.112. The van der Waals surface area contributed by atoms with Crippen molar-refractivity contribution in [2.75, 3.05) is 20.3 Å². The molecule has 0 aliphatic rings. The Balaban J connectivity index is 2.14. The summed E-state index contributed by atoms with van der Waals surface area (Å²) in [6.07, 6.45) is 0.773. The van der Waals surface area contributed by atoms with Gasteiger partial charge in [-0.15, -0.1) is 0 Å². The molecule has 0 spiro atoms. The third-order valence-electron chi connectivity index (χ3n) is 3.17. The lowest BCUT2D eigenvalue weighted by Gasteiger charge is -2.10. The fraction of sp³-hybridized carbons (Fsp3) is 0.222. The molecular formula is C18H18N2O2S. The van der Waals surface area contributed by atoms with E-state index in [4.69, 9.17) is 4.74 Å². The first-order valence-electron chi connectivity index (χ1n) is 7.29. The van der Waals surface area contributed by atoms with Gasteiger partial charge in [0.05, 0.1) is 11.1 Å². The number of amides is 1. The van der Waals surface area contributed by atoms with Crippen LogP contribution in [0.1, 0.15) is 22.3 Å². The second-order valence-corrected chi connectivity index (χ2v) is 5.89. The van der Waals surface area contributed by atoms with E-state index in [9.17, 15) is 10.1 Å². The topological polar surface area (TPSA) is 62.1 Å². The van der Waals surface area contributed by atoms with E-state index >= 15 is 0 Å². The van der Waals surface area contributed by atoms with Crippen molar-refractivity contribution in [2.24, 2.45) is 0 Å². The zero-order valence-electron chi connectivity index (χ0n) is 12.9. The second kappa shape index (κ2) is 8.99. The molecule has 2 aromatic carbocycles. The van der Waals surface area contributed by atoms with Crippen molar-refractivity contribution >= 4 is 17.7 Å². The summed E-state index contributed by atoms with van der Waals surface area (Å²) in [6.45, 7) is 1.19. The minimum Gasteiger partial charge on any atom is -0.385 e. The predicted molar refractivity (Wildman–Crippen MR) is 90.5 cm³/mol. The highest BCUT2D eigenvalue weighted by molar-refractivity contribution is 7.99. The summed E-state index contributed by atoms with van der Waals surface area (Å²) in [5.74, 6) is -0.112. The molecule has 0 radical (unpaired) electrons. The van der Waals surface area contributed by atoms with Crippen molar-refractivity contribution in [1.29, 1.82) is 5.26 Å². The van der Waals surface area contributed by atoms with E-state index in [0.717, 1.165) is 16.2 Å². The van der Waals surface area contributed by atoms with Crippen LogP contribution in [0.3, 0.4) is 0 Å². The van der Waals surface area contributed by atoms with Crippen LogP contribution in [0.25, 0.3) is 0 Å². The van der Waals surface area contributed by atoms with Gasteiger partial charge in [-0.25, -0.2) is 0 Å². The maximum atomic E-state index is 12.3. The Bertz CT molecular complexity index is 710. The first-order valence-corrected chi connectivity index (χ1v) is 8.11. The standard InChI is InChI=1S/C18H18N2O2S/c1-22-12-6-11-20-18(21)15-8-3-5-10-17(15)23-16-9-4-2-7-14(16)13-19/h2-5,7-10H,6,11-12H2,1H3,(H,20,21). The summed E-state index contributed by atoms with van der Waals surface area (Å²) in [6, 6.07) is 17.0. The lowest BCUT2D eigenvalue weighted by molar-refractivity contribution is 0.0945. The van der Waals surface area contributed by atoms with Crippen LogP contribution < -0.4 is 5.32 Å². The Kier molecular flexibility index (Phi) is 6.67. The normalized spacial score (nSPS) is 10.1. The Morgan fingerprint density at radius 1 is 1.17 bits per heavy atom. The molecule has 0 bridgehead atoms. The van der Waals surface area contributed by atoms with Crippen LogP contribution in [0.15, 0.2) is 58.3 Å². The van der Waals surface area contributed by atoms with Gasteiger partial charge in [-0.3, -0.25) is 4.79 Å². The van der Waals surface area contributed by atoms with Gasteiger partial charge >= 0.3 is 0 Å². The van der Waals surface area contributed by atoms with E-state index < -0.39 is 0 Å². The predicted octanol–water partition coefficient (Wildman–Crippen LogP) is 3.48. The quantitative estimate of drug-likeness (QED) is 0.791. The third-order valence-corrected chi connectivity index (χ3v) is 4.32. The summed E-state index contributed by atoms with van der Waals surface area (Å²) in [7, 11) is 1.64. The number of nitriles is 1. The molecule has 0 saturated carbocycles. The SMILES string of the molecule is COCCCNC(=O)c1ccccc1Sc1ccccc1C#N. The number of hydrogen-bond donors (Lipinski definition) is 1. The average molecular weight is 326 g/mol. The molecule has 2 rings (SSSR count). The molecule has 5 heteroatoms. The van der Waals surface area contributed by atoms with E-state index in [1.54, 1.807) is 19.2 Å². The van der Waals surface area contributed by atoms with E-state index in [0.29, 0.717) is 24.3 Å². The highest BCUT2D eigenvalue weighted by Crippen LogP contribution is 2.32. The van der Waals surface area contributed by atoms with E-state index in [1.807, 2.05) is 36.4 Å². The number of rotatable bonds is 7. The van der Waals surface area contributed by atoms with Crippen molar-refractivity contribution in [2.45, 2.75) is 16.2 Å². The molecule has 2 aromatic rings. The first-order chi connectivity index (χ1) is 11.3. The number of benzene rings is 2. The molecule has 0 atom stereocenters. The summed E-state index contributed by atoms with van der Waals surface area (Å²) in [5.41, 5.74) is 1.22. The van der Waals surface area contributed by atoms with Gasteiger partial charge in [0, 0.05) is 30.1 Å². The molecule has 0 aliphatic heterocycles. The molecule has 4 nitrogen and oxygen atoms in total. The van der Waals surface area contributed by atoms with Crippen molar-refractivity contribution in [3.8, 4) is 6.07 Å². The third kappa shape index (κ3) is 4.85. The molecule has 1 N–H and O–H groups in total. The fourth-order valence-corrected chi connectivity index (χ4v) is 3.05. The maximum absolute atomic E-state index is 12.3. The Labute approximate surface area is 140 Å². The van der Waals surface area contributed by atoms with Crippen LogP contribution in [0.5, 0.6) is 0 Å². The van der Waals surface area contributed by atoms with Crippen molar-refractivity contribution in [3.63, 3.8) is 0 Å². The number of nitrogens with zero attached hydrogens (tertiary/aromatic N) is 1. The molecule has 0 aliphatic carbocycles. The van der Waals surface area contributed by atoms with Crippen LogP contribution >= 0.6 is 11.8 Å². The van der Waals surface area contributed by atoms with Gasteiger partial charge in [0.15, 0.2) is 0 Å². The van der Waals surface area contributed by atoms with Gasteiger partial charge in [-0.1, -0.05) is 36.0 Å². The molecule has 0 saturated heterocycles. The zero-order valence-corrected chi connectivity index (χ0v) is 13.7. The van der Waals surface area contributed by atoms with Crippen LogP contribution in [0.4, 0.5) is 0 Å². The summed E-state index contributed by atoms with van der Waals surface area (Å²) in [4.78, 5) is 14.0. The molecular weight excluding hydrogens is 308 g/mol. The first kappa shape index (κ1) is 17.1. The number of nitrogens with one attached hydrogen (secondary N) is 1. The molecule has 0 unspecified atom stereocenters. The lowest BCUT2D eigenvalue weighted by atomic mass is 10.2. The summed E-state index contributed by atoms with van der Waals surface area (Å²) in [5, 5.41) is 12.1. The Hall–Kier alpha value is -2.29. The molecule has 0 aromatic heterocycles. The van der Waals surface area contributed by atoms with E-state index in [1.165, 1.54) is 11.8 Å². The van der Waals surface area contributed by atoms with Gasteiger partial charge in [-0.2, -0.15) is 5.26 Å². The number of carbonyl (C=O) groups excluding carboxylic acids is 1. The zero-order chi connectivity index (χ0) is 16.5. The largest absolute Gasteiger partial charge is 0.385 e. The Morgan fingerprint density at radius 3 is 2.61 bits per heavy atom. The van der Waals surface area contributed by atoms with Crippen LogP contribution in [-0.4, -0.2) is 26.2 Å². The summed E-state index contributed by atoms with van der Waals surface area (Å²) < 4.78 is 4.97. The highest BCUT2D eigenvalue weighted by Gasteiger charge is 2.12. The van der Waals surface area contributed by atoms with E-state index in [-0.39, 0.29) is 5.91 Å². The van der Waals surface area contributed by atoms with Gasteiger partial charge < -0.3 is 10.1 Å². The van der Waals surface area contributed by atoms with Crippen molar-refractivity contribution in [1.82, 2.24) is 5.32 Å². The van der Waals surface area contributed by atoms with E-state index in [2.05, 4.69) is 11.4 Å². The minimum absolute atomic E-state index is 0.112. The monoisotopic (exact) mass is 326 g/mol. The van der Waals surface area contributed by atoms with Crippen LogP contribution in [0, 0.1) is 11.3 Å². The fourth-order valence-electron chi connectivity index (χ4n) is 2.02. The molecule has 0 heterocycles. The van der Waals surface area contributed by atoms with Crippen molar-refractivity contribution < 1.29 is 9.53 Å². The smallest absolute Gasteiger partial charge is 0.252 e. The number of ether oxygens (including phenoxy) is 1. The molecule has 1 amide bonds. The second-order valence-electron chi connectivity index (χ2n) is 4.81. The van der Waals surface area contributed by atoms with Crippen LogP contribution in [-0.2, 0) is 4.74 Å². The number of hydrogen-bond acceptors (Lipinski definition) is 4. The Morgan fingerprint density at radius 2 is 1.87 bits per heavy atom. The number of methoxy groups -OCH3 is 1. The summed E-state index contributed by atoms with van der Waals surface area (Å²) >= 11 is 1.43. The van der Waals surface area contributed by atoms with Crippen molar-refractivity contribution in [3.05, 3.63) is 59.7 Å². The van der Waals surface area contributed by atoms with Gasteiger partial charge in [-0.05, 0) is 30.7 Å². The van der Waals surface area contributed by atoms with Gasteiger partial charge in [0.2, 0.25) is 0 Å². The highest BCUT2D eigenvalue weighted by atomic mass is 32.2.